The molecule has 0 unspecified atom stereocenters. The van der Waals surface area contributed by atoms with Crippen molar-refractivity contribution >= 4 is 81.0 Å². The maximum atomic E-state index is 13.4. The van der Waals surface area contributed by atoms with Crippen molar-refractivity contribution in [2.75, 3.05) is 17.2 Å². The third kappa shape index (κ3) is 7.32. The molecule has 2 aliphatic heterocycles. The van der Waals surface area contributed by atoms with Gasteiger partial charge in [0.2, 0.25) is 5.88 Å². The lowest BCUT2D eigenvalue weighted by atomic mass is 10.1. The van der Waals surface area contributed by atoms with Crippen molar-refractivity contribution < 1.29 is 49.2 Å². The number of amides is 2. The average Bonchev–Trinajstić information content (AvgIpc) is 3.72. The van der Waals surface area contributed by atoms with E-state index in [0.29, 0.717) is 15.5 Å². The average molecular weight is 757 g/mol. The highest BCUT2D eigenvalue weighted by atomic mass is 32.2. The van der Waals surface area contributed by atoms with Crippen LogP contribution in [0.5, 0.6) is 11.5 Å². The number of carboxylic acid groups (broad SMARTS) is 2. The zero-order valence-corrected chi connectivity index (χ0v) is 28.5. The maximum Gasteiger partial charge on any atom is 0.512 e. The highest BCUT2D eigenvalue weighted by Gasteiger charge is 2.54. The molecule has 2 aromatic carbocycles. The summed E-state index contributed by atoms with van der Waals surface area (Å²) in [6.45, 7) is 0.0631. The molecular weight excluding hydrogens is 733 g/mol. The molecule has 0 spiro atoms. The molecule has 2 aliphatic rings. The predicted octanol–water partition coefficient (Wildman–Crippen LogP) is 3.98. The molecule has 0 bridgehead atoms. The van der Waals surface area contributed by atoms with Crippen LogP contribution < -0.4 is 11.1 Å². The molecular formula is C30H24N6O10S4. The Bertz CT molecular complexity index is 2050. The topological polar surface area (TPSA) is 247 Å². The van der Waals surface area contributed by atoms with E-state index < -0.39 is 41.1 Å². The molecule has 1 saturated heterocycles. The van der Waals surface area contributed by atoms with E-state index in [2.05, 4.69) is 20.4 Å². The van der Waals surface area contributed by atoms with E-state index in [1.54, 1.807) is 0 Å². The summed E-state index contributed by atoms with van der Waals surface area (Å²) in [4.78, 5) is 65.5. The summed E-state index contributed by atoms with van der Waals surface area (Å²) in [5, 5.41) is 46.4. The Labute approximate surface area is 298 Å². The van der Waals surface area contributed by atoms with Crippen molar-refractivity contribution in [1.29, 1.82) is 0 Å². The first-order chi connectivity index (χ1) is 24.0. The lowest BCUT2D eigenvalue weighted by molar-refractivity contribution is -0.148. The van der Waals surface area contributed by atoms with Gasteiger partial charge in [-0.25, -0.2) is 19.6 Å². The van der Waals surface area contributed by atoms with E-state index in [1.165, 1.54) is 35.3 Å². The number of hydrogen-bond donors (Lipinski definition) is 6. The number of anilines is 1. The Morgan fingerprint density at radius 2 is 1.88 bits per heavy atom. The molecule has 2 atom stereocenters. The second-order valence-electron chi connectivity index (χ2n) is 10.4. The van der Waals surface area contributed by atoms with Crippen LogP contribution in [0.2, 0.25) is 0 Å². The van der Waals surface area contributed by atoms with Crippen LogP contribution in [-0.2, 0) is 25.8 Å². The number of nitrogens with two attached hydrogens (primary N) is 1. The van der Waals surface area contributed by atoms with Gasteiger partial charge in [0.1, 0.15) is 23.7 Å². The first-order valence-corrected chi connectivity index (χ1v) is 18.0. The minimum Gasteiger partial charge on any atom is -0.504 e. The number of aromatic hydroxyl groups is 2. The normalized spacial score (nSPS) is 17.2. The van der Waals surface area contributed by atoms with Crippen molar-refractivity contribution in [1.82, 2.24) is 20.2 Å². The second-order valence-corrected chi connectivity index (χ2v) is 14.6. The van der Waals surface area contributed by atoms with Crippen molar-refractivity contribution in [3.63, 3.8) is 0 Å². The van der Waals surface area contributed by atoms with E-state index in [-0.39, 0.29) is 56.9 Å². The summed E-state index contributed by atoms with van der Waals surface area (Å²) in [6.07, 6.45) is -1.66. The number of aromatic carboxylic acids is 1. The lowest BCUT2D eigenvalue weighted by Crippen LogP contribution is -2.70. The van der Waals surface area contributed by atoms with E-state index in [1.807, 2.05) is 30.3 Å². The van der Waals surface area contributed by atoms with Gasteiger partial charge in [0, 0.05) is 22.5 Å². The number of carbonyl (C=O) groups excluding carboxylic acids is 2. The number of aromatic nitrogens is 2. The number of rotatable bonds is 12. The SMILES string of the molecule is Nc1nc(C(=NOCc2ccccc2)C(=O)N[C@@H]2C(=O)N3C(OC(=O)O)=C(CSc4nc(C(=O)O)c(-c5ccc(O)c(O)c5)s4)CS[C@@H]23)cs1. The fraction of sp³-hybridized carbons (Fsp3) is 0.167. The van der Waals surface area contributed by atoms with Crippen LogP contribution in [0, 0.1) is 0 Å². The summed E-state index contributed by atoms with van der Waals surface area (Å²) in [5.41, 5.74) is 6.98. The molecule has 4 aromatic rings. The maximum absolute atomic E-state index is 13.4. The molecule has 0 saturated carbocycles. The van der Waals surface area contributed by atoms with Crippen LogP contribution in [0.15, 0.2) is 74.9 Å². The molecule has 16 nitrogen and oxygen atoms in total. The first-order valence-electron chi connectivity index (χ1n) is 14.2. The van der Waals surface area contributed by atoms with Gasteiger partial charge in [0.05, 0.1) is 4.88 Å². The van der Waals surface area contributed by atoms with Crippen LogP contribution in [0.25, 0.3) is 10.4 Å². The van der Waals surface area contributed by atoms with Gasteiger partial charge in [-0.3, -0.25) is 14.5 Å². The molecule has 50 heavy (non-hydrogen) atoms. The molecule has 4 heterocycles. The number of carbonyl (C=O) groups is 4. The number of phenolic OH excluding ortho intramolecular Hbond substituents is 2. The van der Waals surface area contributed by atoms with Crippen LogP contribution in [0.4, 0.5) is 9.93 Å². The van der Waals surface area contributed by atoms with Gasteiger partial charge in [-0.05, 0) is 29.3 Å². The number of oxime groups is 1. The summed E-state index contributed by atoms with van der Waals surface area (Å²) in [7, 11) is 0. The molecule has 0 radical (unpaired) electrons. The number of hydrogen-bond acceptors (Lipinski definition) is 16. The van der Waals surface area contributed by atoms with Gasteiger partial charge in [0.25, 0.3) is 11.8 Å². The van der Waals surface area contributed by atoms with Gasteiger partial charge in [-0.15, -0.1) is 34.4 Å². The van der Waals surface area contributed by atoms with E-state index in [9.17, 15) is 39.6 Å². The molecule has 20 heteroatoms. The molecule has 7 N–H and O–H groups in total. The Morgan fingerprint density at radius 3 is 2.56 bits per heavy atom. The number of nitrogens with one attached hydrogen (secondary N) is 1. The number of benzene rings is 2. The Hall–Kier alpha value is -5.31. The number of thioether (sulfide) groups is 2. The van der Waals surface area contributed by atoms with Crippen LogP contribution in [0.1, 0.15) is 21.7 Å². The molecule has 2 amide bonds. The molecule has 0 aliphatic carbocycles. The fourth-order valence-electron chi connectivity index (χ4n) is 4.78. The monoisotopic (exact) mass is 756 g/mol. The number of fused-ring (bicyclic) bond motifs is 1. The number of carboxylic acids is 1. The number of ether oxygens (including phenoxy) is 1. The van der Waals surface area contributed by atoms with E-state index in [0.717, 1.165) is 44.9 Å². The van der Waals surface area contributed by atoms with Gasteiger partial charge in [0.15, 0.2) is 32.4 Å². The Balaban J connectivity index is 1.18. The number of thiazole rings is 2. The summed E-state index contributed by atoms with van der Waals surface area (Å²) >= 11 is 4.46. The van der Waals surface area contributed by atoms with Crippen LogP contribution in [-0.4, -0.2) is 87.9 Å². The van der Waals surface area contributed by atoms with Crippen molar-refractivity contribution in [3.8, 4) is 21.9 Å². The van der Waals surface area contributed by atoms with E-state index in [4.69, 9.17) is 15.3 Å². The highest BCUT2D eigenvalue weighted by Crippen LogP contribution is 2.43. The smallest absolute Gasteiger partial charge is 0.504 e. The quantitative estimate of drug-likeness (QED) is 0.0299. The molecule has 2 aromatic heterocycles. The first kappa shape index (κ1) is 34.5. The number of phenols is 2. The van der Waals surface area contributed by atoms with Gasteiger partial charge < -0.3 is 41.1 Å². The van der Waals surface area contributed by atoms with Crippen LogP contribution >= 0.6 is 46.2 Å². The largest absolute Gasteiger partial charge is 0.512 e. The minimum atomic E-state index is -1.66. The third-order valence-electron chi connectivity index (χ3n) is 7.09. The Kier molecular flexibility index (Phi) is 10.1. The van der Waals surface area contributed by atoms with Crippen molar-refractivity contribution in [2.45, 2.75) is 22.4 Å². The zero-order chi connectivity index (χ0) is 35.5. The summed E-state index contributed by atoms with van der Waals surface area (Å²) < 4.78 is 5.37. The molecule has 6 rings (SSSR count). The lowest BCUT2D eigenvalue weighted by Gasteiger charge is -2.49. The fourth-order valence-corrected chi connectivity index (χ4v) is 8.91. The van der Waals surface area contributed by atoms with Gasteiger partial charge >= 0.3 is 12.1 Å². The van der Waals surface area contributed by atoms with Crippen molar-refractivity contribution in [3.05, 3.63) is 82.3 Å². The predicted molar refractivity (Wildman–Crippen MR) is 184 cm³/mol. The third-order valence-corrected chi connectivity index (χ3v) is 11.4. The van der Waals surface area contributed by atoms with Gasteiger partial charge in [-0.1, -0.05) is 47.2 Å². The standard InChI is InChI=1S/C30H24N6O10S4/c31-28-32-16(12-48-28)19(35-45-9-13-4-2-1-3-5-13)23(39)33-21-24(40)36-25(46-30(43)44)15(10-47-26(21)36)11-49-29-34-20(27(41)42)22(50-29)14-6-7-17(37)18(38)8-14/h1-8,12,21,26,37-38H,9-11H2,(H2,31,32)(H,33,39)(H,41,42)(H,43,44)/t21-,26+/m1/s1. The number of β-lactam (4-membered cyclic amide) rings is 1. The van der Waals surface area contributed by atoms with E-state index >= 15 is 0 Å². The zero-order valence-electron chi connectivity index (χ0n) is 25.2. The number of nitrogens with zero attached hydrogens (tertiary/aromatic N) is 4. The van der Waals surface area contributed by atoms with Gasteiger partial charge in [-0.2, -0.15) is 0 Å². The highest BCUT2D eigenvalue weighted by molar-refractivity contribution is 8.02. The second kappa shape index (κ2) is 14.7. The Morgan fingerprint density at radius 1 is 1.10 bits per heavy atom. The minimum absolute atomic E-state index is 0.0631. The summed E-state index contributed by atoms with van der Waals surface area (Å²) in [6, 6.07) is 11.9. The van der Waals surface area contributed by atoms with Crippen LogP contribution in [0.3, 0.4) is 0 Å². The molecule has 1 fully saturated rings. The number of nitrogen functional groups attached to an aromatic ring is 1. The summed E-state index contributed by atoms with van der Waals surface area (Å²) in [5.74, 6) is -3.43. The molecule has 258 valence electrons. The van der Waals surface area contributed by atoms with Crippen molar-refractivity contribution in [2.24, 2.45) is 5.16 Å².